The highest BCUT2D eigenvalue weighted by Crippen LogP contribution is 2.32. The fourth-order valence-electron chi connectivity index (χ4n) is 4.21. The third kappa shape index (κ3) is 4.50. The number of aromatic amines is 2. The summed E-state index contributed by atoms with van der Waals surface area (Å²) < 4.78 is 20.3. The molecule has 10 nitrogen and oxygen atoms in total. The number of fused-ring (bicyclic) bond motifs is 2. The first-order chi connectivity index (χ1) is 18.4. The number of hydrogen-bond acceptors (Lipinski definition) is 8. The molecule has 0 atom stereocenters. The molecule has 0 bridgehead atoms. The Kier molecular flexibility index (Phi) is 5.89. The lowest BCUT2D eigenvalue weighted by Gasteiger charge is -2.12. The van der Waals surface area contributed by atoms with Crippen molar-refractivity contribution in [2.75, 3.05) is 33.0 Å². The minimum atomic E-state index is -0.414. The number of nitrogens with zero attached hydrogens (tertiary/aromatic N) is 6. The molecule has 0 aliphatic heterocycles. The molecule has 0 aliphatic rings. The summed E-state index contributed by atoms with van der Waals surface area (Å²) >= 11 is 0. The van der Waals surface area contributed by atoms with Gasteiger partial charge in [-0.3, -0.25) is 15.1 Å². The van der Waals surface area contributed by atoms with Gasteiger partial charge in [-0.25, -0.2) is 14.4 Å². The molecule has 1 aromatic carbocycles. The number of hydrogen-bond donors (Lipinski definition) is 3. The molecular weight excluding hydrogens is 485 g/mol. The number of anilines is 1. The molecule has 6 rings (SSSR count). The number of nitrogen functional groups attached to an aromatic ring is 1. The van der Waals surface area contributed by atoms with Crippen LogP contribution in [0.25, 0.3) is 56.1 Å². The maximum Gasteiger partial charge on any atom is 0.161 e. The van der Waals surface area contributed by atoms with E-state index >= 15 is 0 Å². The van der Waals surface area contributed by atoms with Crippen molar-refractivity contribution < 1.29 is 9.13 Å². The van der Waals surface area contributed by atoms with E-state index in [4.69, 9.17) is 20.4 Å². The van der Waals surface area contributed by atoms with Crippen LogP contribution in [0.1, 0.15) is 0 Å². The number of nitrogens with one attached hydrogen (secondary N) is 2. The van der Waals surface area contributed by atoms with E-state index in [0.717, 1.165) is 16.6 Å². The van der Waals surface area contributed by atoms with Crippen LogP contribution in [0.4, 0.5) is 10.1 Å². The minimum Gasteiger partial charge on any atom is -0.492 e. The summed E-state index contributed by atoms with van der Waals surface area (Å²) in [7, 11) is 3.90. The van der Waals surface area contributed by atoms with Gasteiger partial charge in [0, 0.05) is 42.3 Å². The van der Waals surface area contributed by atoms with Gasteiger partial charge in [-0.05, 0) is 50.5 Å². The highest BCUT2D eigenvalue weighted by atomic mass is 19.1. The van der Waals surface area contributed by atoms with Crippen LogP contribution in [0.3, 0.4) is 0 Å². The molecule has 4 N–H and O–H groups in total. The lowest BCUT2D eigenvalue weighted by Crippen LogP contribution is -2.19. The molecule has 5 heterocycles. The quantitative estimate of drug-likeness (QED) is 0.290. The average Bonchev–Trinajstić information content (AvgIpc) is 3.51. The largest absolute Gasteiger partial charge is 0.492 e. The average molecular weight is 510 g/mol. The van der Waals surface area contributed by atoms with E-state index in [1.807, 2.05) is 43.3 Å². The van der Waals surface area contributed by atoms with Gasteiger partial charge in [0.1, 0.15) is 29.2 Å². The van der Waals surface area contributed by atoms with Gasteiger partial charge in [0.15, 0.2) is 11.5 Å². The Balaban J connectivity index is 1.40. The van der Waals surface area contributed by atoms with Gasteiger partial charge in [0.25, 0.3) is 0 Å². The number of H-pyrrole nitrogens is 2. The molecule has 0 spiro atoms. The number of nitrogens with two attached hydrogens (primary N) is 1. The highest BCUT2D eigenvalue weighted by Gasteiger charge is 2.18. The second-order valence-electron chi connectivity index (χ2n) is 9.14. The Morgan fingerprint density at radius 3 is 2.66 bits per heavy atom. The van der Waals surface area contributed by atoms with E-state index in [0.29, 0.717) is 64.1 Å². The molecule has 0 saturated heterocycles. The monoisotopic (exact) mass is 509 g/mol. The van der Waals surface area contributed by atoms with Gasteiger partial charge in [-0.1, -0.05) is 0 Å². The summed E-state index contributed by atoms with van der Waals surface area (Å²) in [5.41, 5.74) is 12.3. The Hall–Kier alpha value is -4.90. The molecule has 0 unspecified atom stereocenters. The fraction of sp³-hybridized carbons (Fsp3) is 0.148. The summed E-state index contributed by atoms with van der Waals surface area (Å²) in [6.45, 7) is 1.15. The van der Waals surface area contributed by atoms with Gasteiger partial charge in [0.2, 0.25) is 0 Å². The van der Waals surface area contributed by atoms with Gasteiger partial charge >= 0.3 is 0 Å². The van der Waals surface area contributed by atoms with Crippen LogP contribution >= 0.6 is 0 Å². The van der Waals surface area contributed by atoms with Crippen molar-refractivity contribution in [2.45, 2.75) is 0 Å². The van der Waals surface area contributed by atoms with Crippen molar-refractivity contribution in [3.63, 3.8) is 0 Å². The smallest absolute Gasteiger partial charge is 0.161 e. The van der Waals surface area contributed by atoms with Crippen LogP contribution in [0.5, 0.6) is 5.75 Å². The molecule has 38 heavy (non-hydrogen) atoms. The number of halogens is 1. The Morgan fingerprint density at radius 1 is 0.947 bits per heavy atom. The first-order valence-corrected chi connectivity index (χ1v) is 11.9. The van der Waals surface area contributed by atoms with Crippen molar-refractivity contribution in [3.8, 4) is 39.8 Å². The zero-order valence-corrected chi connectivity index (χ0v) is 20.7. The predicted octanol–water partition coefficient (Wildman–Crippen LogP) is 4.29. The summed E-state index contributed by atoms with van der Waals surface area (Å²) in [6.07, 6.45) is 4.95. The first-order valence-electron chi connectivity index (χ1n) is 11.9. The van der Waals surface area contributed by atoms with Gasteiger partial charge in [-0.2, -0.15) is 5.10 Å². The topological polar surface area (TPSA) is 135 Å². The van der Waals surface area contributed by atoms with Crippen molar-refractivity contribution in [1.82, 2.24) is 40.0 Å². The SMILES string of the molecule is CN(C)CCOc1cc(F)cc(-c2nccc3[nH]c(-c4n[nH]c5ccc(-c6cncc(N)c6)nc45)nc23)c1. The number of aromatic nitrogens is 7. The van der Waals surface area contributed by atoms with Crippen molar-refractivity contribution >= 4 is 27.8 Å². The Bertz CT molecular complexity index is 1780. The van der Waals surface area contributed by atoms with E-state index in [1.165, 1.54) is 12.1 Å². The van der Waals surface area contributed by atoms with E-state index in [-0.39, 0.29) is 0 Å². The fourth-order valence-corrected chi connectivity index (χ4v) is 4.21. The normalized spacial score (nSPS) is 11.6. The van der Waals surface area contributed by atoms with E-state index in [9.17, 15) is 4.39 Å². The molecule has 11 heteroatoms. The zero-order chi connectivity index (χ0) is 26.2. The van der Waals surface area contributed by atoms with Crippen LogP contribution in [0, 0.1) is 5.82 Å². The van der Waals surface area contributed by atoms with Crippen molar-refractivity contribution in [3.05, 3.63) is 66.9 Å². The predicted molar refractivity (Wildman–Crippen MR) is 144 cm³/mol. The maximum absolute atomic E-state index is 14.5. The van der Waals surface area contributed by atoms with Crippen LogP contribution in [0.15, 0.2) is 61.1 Å². The molecule has 190 valence electrons. The molecule has 5 aromatic heterocycles. The van der Waals surface area contributed by atoms with Gasteiger partial charge in [-0.15, -0.1) is 0 Å². The van der Waals surface area contributed by atoms with E-state index in [2.05, 4.69) is 25.1 Å². The number of imidazole rings is 1. The minimum absolute atomic E-state index is 0.414. The standard InChI is InChI=1S/C27H24FN9O/c1-37(2)7-8-38-19-11-15(9-17(28)12-19)23-24-21(5-6-31-23)33-27(34-24)26-25-22(35-36-26)4-3-20(32-25)16-10-18(29)14-30-13-16/h3-6,9-14H,7-8,29H2,1-2H3,(H,33,34)(H,35,36). The molecule has 0 saturated carbocycles. The lowest BCUT2D eigenvalue weighted by molar-refractivity contribution is 0.260. The van der Waals surface area contributed by atoms with Crippen LogP contribution in [-0.2, 0) is 0 Å². The summed E-state index contributed by atoms with van der Waals surface area (Å²) in [4.78, 5) is 23.6. The van der Waals surface area contributed by atoms with E-state index in [1.54, 1.807) is 24.7 Å². The van der Waals surface area contributed by atoms with Gasteiger partial charge in [0.05, 0.1) is 28.1 Å². The second-order valence-corrected chi connectivity index (χ2v) is 9.14. The lowest BCUT2D eigenvalue weighted by atomic mass is 10.1. The van der Waals surface area contributed by atoms with Crippen LogP contribution < -0.4 is 10.5 Å². The second kappa shape index (κ2) is 9.52. The summed E-state index contributed by atoms with van der Waals surface area (Å²) in [6, 6.07) is 12.0. The number of rotatable bonds is 7. The molecule has 0 fully saturated rings. The third-order valence-corrected chi connectivity index (χ3v) is 6.04. The van der Waals surface area contributed by atoms with Crippen molar-refractivity contribution in [2.24, 2.45) is 0 Å². The Morgan fingerprint density at radius 2 is 1.82 bits per heavy atom. The molecule has 0 radical (unpaired) electrons. The first kappa shape index (κ1) is 23.5. The summed E-state index contributed by atoms with van der Waals surface area (Å²) in [5, 5.41) is 7.48. The number of benzene rings is 1. The highest BCUT2D eigenvalue weighted by molar-refractivity contribution is 5.95. The number of ether oxygens (including phenoxy) is 1. The molecule has 0 aliphatic carbocycles. The molecule has 0 amide bonds. The maximum atomic E-state index is 14.5. The molecule has 6 aromatic rings. The molecular formula is C27H24FN9O. The van der Waals surface area contributed by atoms with E-state index < -0.39 is 5.82 Å². The van der Waals surface area contributed by atoms with Crippen LogP contribution in [-0.4, -0.2) is 67.3 Å². The number of likely N-dealkylation sites (N-methyl/N-ethyl adjacent to an activating group) is 1. The van der Waals surface area contributed by atoms with Gasteiger partial charge < -0.3 is 20.4 Å². The van der Waals surface area contributed by atoms with Crippen molar-refractivity contribution in [1.29, 1.82) is 0 Å². The zero-order valence-electron chi connectivity index (χ0n) is 20.7. The summed E-state index contributed by atoms with van der Waals surface area (Å²) in [5.74, 6) is 0.528. The Labute approximate surface area is 216 Å². The number of pyridine rings is 3. The van der Waals surface area contributed by atoms with Crippen LogP contribution in [0.2, 0.25) is 0 Å². The third-order valence-electron chi connectivity index (χ3n) is 6.04.